The molecule has 0 aliphatic carbocycles. The van der Waals surface area contributed by atoms with Crippen LogP contribution in [0.15, 0.2) is 10.7 Å². The first-order valence-corrected chi connectivity index (χ1v) is 4.52. The van der Waals surface area contributed by atoms with Crippen molar-refractivity contribution in [3.8, 4) is 6.07 Å². The van der Waals surface area contributed by atoms with Crippen molar-refractivity contribution in [2.24, 2.45) is 0 Å². The van der Waals surface area contributed by atoms with Crippen molar-refractivity contribution in [3.05, 3.63) is 27.5 Å². The second-order valence-corrected chi connectivity index (χ2v) is 3.48. The van der Waals surface area contributed by atoms with Crippen molar-refractivity contribution < 1.29 is 22.0 Å². The third kappa shape index (κ3) is 2.47. The second-order valence-electron chi connectivity index (χ2n) is 2.67. The van der Waals surface area contributed by atoms with Crippen LogP contribution in [-0.4, -0.2) is 4.98 Å². The SMILES string of the molecule is N#Cc1nc(Br)cc(C(F)F)c1C(F)(F)F. The molecule has 0 radical (unpaired) electrons. The highest BCUT2D eigenvalue weighted by Gasteiger charge is 2.39. The van der Waals surface area contributed by atoms with E-state index in [9.17, 15) is 22.0 Å². The Hall–Kier alpha value is -1.23. The minimum absolute atomic E-state index is 0.243. The molecule has 0 aliphatic heterocycles. The predicted molar refractivity (Wildman–Crippen MR) is 46.6 cm³/mol. The van der Waals surface area contributed by atoms with Crippen molar-refractivity contribution in [2.75, 3.05) is 0 Å². The van der Waals surface area contributed by atoms with Crippen LogP contribution in [0, 0.1) is 11.3 Å². The summed E-state index contributed by atoms with van der Waals surface area (Å²) < 4.78 is 61.9. The lowest BCUT2D eigenvalue weighted by atomic mass is 10.1. The average molecular weight is 301 g/mol. The molecule has 0 saturated heterocycles. The highest BCUT2D eigenvalue weighted by atomic mass is 79.9. The van der Waals surface area contributed by atoms with Gasteiger partial charge in [0.15, 0.2) is 5.69 Å². The molecule has 0 spiro atoms. The Morgan fingerprint density at radius 2 is 1.94 bits per heavy atom. The standard InChI is InChI=1S/C8H2BrF5N2/c9-5-1-3(7(10)11)6(8(12,13)14)4(2-15)16-5/h1,7H. The van der Waals surface area contributed by atoms with Gasteiger partial charge >= 0.3 is 6.18 Å². The summed E-state index contributed by atoms with van der Waals surface area (Å²) in [5.74, 6) is 0. The first-order valence-electron chi connectivity index (χ1n) is 3.73. The van der Waals surface area contributed by atoms with Gasteiger partial charge in [-0.2, -0.15) is 18.4 Å². The summed E-state index contributed by atoms with van der Waals surface area (Å²) >= 11 is 2.66. The number of nitriles is 1. The van der Waals surface area contributed by atoms with Gasteiger partial charge in [-0.3, -0.25) is 0 Å². The molecule has 0 aliphatic rings. The molecular formula is C8H2BrF5N2. The fourth-order valence-corrected chi connectivity index (χ4v) is 1.51. The molecule has 86 valence electrons. The summed E-state index contributed by atoms with van der Waals surface area (Å²) in [4.78, 5) is 3.20. The van der Waals surface area contributed by atoms with E-state index in [2.05, 4.69) is 20.9 Å². The van der Waals surface area contributed by atoms with E-state index in [-0.39, 0.29) is 4.60 Å². The van der Waals surface area contributed by atoms with Crippen LogP contribution in [0.4, 0.5) is 22.0 Å². The molecule has 0 amide bonds. The van der Waals surface area contributed by atoms with Crippen LogP contribution in [0.3, 0.4) is 0 Å². The van der Waals surface area contributed by atoms with E-state index in [1.165, 1.54) is 0 Å². The third-order valence-corrected chi connectivity index (χ3v) is 2.05. The molecule has 0 aromatic carbocycles. The number of hydrogen-bond donors (Lipinski definition) is 0. The lowest BCUT2D eigenvalue weighted by molar-refractivity contribution is -0.140. The molecule has 0 bridgehead atoms. The van der Waals surface area contributed by atoms with Gasteiger partial charge in [0, 0.05) is 5.56 Å². The lowest BCUT2D eigenvalue weighted by Gasteiger charge is -2.13. The molecule has 0 N–H and O–H groups in total. The number of nitrogens with zero attached hydrogens (tertiary/aromatic N) is 2. The molecule has 0 atom stereocenters. The van der Waals surface area contributed by atoms with Crippen LogP contribution in [0.1, 0.15) is 23.2 Å². The smallest absolute Gasteiger partial charge is 0.230 e. The molecule has 0 unspecified atom stereocenters. The van der Waals surface area contributed by atoms with Crippen LogP contribution in [0.2, 0.25) is 0 Å². The van der Waals surface area contributed by atoms with Gasteiger partial charge in [0.25, 0.3) is 6.43 Å². The molecule has 1 aromatic rings. The molecule has 1 aromatic heterocycles. The quantitative estimate of drug-likeness (QED) is 0.586. The summed E-state index contributed by atoms with van der Waals surface area (Å²) in [7, 11) is 0. The van der Waals surface area contributed by atoms with E-state index in [1.54, 1.807) is 0 Å². The molecule has 1 heterocycles. The topological polar surface area (TPSA) is 36.7 Å². The molecule has 0 fully saturated rings. The zero-order valence-corrected chi connectivity index (χ0v) is 8.90. The Bertz CT molecular complexity index is 449. The maximum Gasteiger partial charge on any atom is 0.419 e. The molecule has 2 nitrogen and oxygen atoms in total. The number of rotatable bonds is 1. The Kier molecular flexibility index (Phi) is 3.48. The summed E-state index contributed by atoms with van der Waals surface area (Å²) in [6.45, 7) is 0. The van der Waals surface area contributed by atoms with E-state index in [4.69, 9.17) is 5.26 Å². The molecular weight excluding hydrogens is 299 g/mol. The van der Waals surface area contributed by atoms with Gasteiger partial charge < -0.3 is 0 Å². The zero-order valence-electron chi connectivity index (χ0n) is 7.32. The minimum atomic E-state index is -5.04. The van der Waals surface area contributed by atoms with Crippen molar-refractivity contribution in [3.63, 3.8) is 0 Å². The van der Waals surface area contributed by atoms with E-state index < -0.39 is 29.4 Å². The van der Waals surface area contributed by atoms with Gasteiger partial charge in [0.1, 0.15) is 16.2 Å². The first kappa shape index (κ1) is 12.8. The lowest BCUT2D eigenvalue weighted by Crippen LogP contribution is -2.14. The molecule has 1 rings (SSSR count). The van der Waals surface area contributed by atoms with E-state index in [1.807, 2.05) is 0 Å². The number of pyridine rings is 1. The number of hydrogen-bond acceptors (Lipinski definition) is 2. The van der Waals surface area contributed by atoms with Gasteiger partial charge in [-0.1, -0.05) is 0 Å². The summed E-state index contributed by atoms with van der Waals surface area (Å²) in [6, 6.07) is 1.69. The van der Waals surface area contributed by atoms with Crippen LogP contribution >= 0.6 is 15.9 Å². The fraction of sp³-hybridized carbons (Fsp3) is 0.250. The van der Waals surface area contributed by atoms with Crippen molar-refractivity contribution in [2.45, 2.75) is 12.6 Å². The highest BCUT2D eigenvalue weighted by Crippen LogP contribution is 2.38. The highest BCUT2D eigenvalue weighted by molar-refractivity contribution is 9.10. The minimum Gasteiger partial charge on any atom is -0.230 e. The largest absolute Gasteiger partial charge is 0.419 e. The van der Waals surface area contributed by atoms with Crippen LogP contribution in [0.5, 0.6) is 0 Å². The Balaban J connectivity index is 3.60. The summed E-state index contributed by atoms with van der Waals surface area (Å²) in [5.41, 5.74) is -4.02. The summed E-state index contributed by atoms with van der Waals surface area (Å²) in [6.07, 6.45) is -8.37. The number of aromatic nitrogens is 1. The fourth-order valence-electron chi connectivity index (χ4n) is 1.08. The van der Waals surface area contributed by atoms with Crippen molar-refractivity contribution in [1.82, 2.24) is 4.98 Å². The van der Waals surface area contributed by atoms with Gasteiger partial charge in [-0.05, 0) is 22.0 Å². The molecule has 8 heteroatoms. The predicted octanol–water partition coefficient (Wildman–Crippen LogP) is 3.67. The Labute approximate surface area is 94.8 Å². The Morgan fingerprint density at radius 3 is 2.31 bits per heavy atom. The van der Waals surface area contributed by atoms with Gasteiger partial charge in [0.2, 0.25) is 0 Å². The van der Waals surface area contributed by atoms with E-state index in [0.717, 1.165) is 6.07 Å². The number of halogens is 6. The van der Waals surface area contributed by atoms with Gasteiger partial charge in [-0.15, -0.1) is 0 Å². The Morgan fingerprint density at radius 1 is 1.38 bits per heavy atom. The van der Waals surface area contributed by atoms with Crippen molar-refractivity contribution >= 4 is 15.9 Å². The first-order chi connectivity index (χ1) is 7.27. The maximum atomic E-state index is 12.4. The van der Waals surface area contributed by atoms with Gasteiger partial charge in [-0.25, -0.2) is 13.8 Å². The molecule has 16 heavy (non-hydrogen) atoms. The maximum absolute atomic E-state index is 12.4. The monoisotopic (exact) mass is 300 g/mol. The summed E-state index contributed by atoms with van der Waals surface area (Å²) in [5, 5.41) is 8.43. The van der Waals surface area contributed by atoms with Gasteiger partial charge in [0.05, 0.1) is 0 Å². The van der Waals surface area contributed by atoms with E-state index in [0.29, 0.717) is 6.07 Å². The molecule has 0 saturated carbocycles. The van der Waals surface area contributed by atoms with E-state index >= 15 is 0 Å². The number of alkyl halides is 5. The average Bonchev–Trinajstić information content (AvgIpc) is 2.14. The third-order valence-electron chi connectivity index (χ3n) is 1.64. The zero-order chi connectivity index (χ0) is 12.5. The van der Waals surface area contributed by atoms with Crippen molar-refractivity contribution in [1.29, 1.82) is 5.26 Å². The van der Waals surface area contributed by atoms with Crippen LogP contribution < -0.4 is 0 Å². The van der Waals surface area contributed by atoms with Crippen LogP contribution in [-0.2, 0) is 6.18 Å². The van der Waals surface area contributed by atoms with Crippen LogP contribution in [0.25, 0.3) is 0 Å². The second kappa shape index (κ2) is 4.33. The normalized spacial score (nSPS) is 11.6.